The lowest BCUT2D eigenvalue weighted by Gasteiger charge is -2.33. The van der Waals surface area contributed by atoms with E-state index in [4.69, 9.17) is 11.0 Å². The van der Waals surface area contributed by atoms with Gasteiger partial charge in [-0.15, -0.1) is 0 Å². The predicted octanol–water partition coefficient (Wildman–Crippen LogP) is 1.13. The van der Waals surface area contributed by atoms with Crippen LogP contribution in [0.5, 0.6) is 0 Å². The predicted molar refractivity (Wildman–Crippen MR) is 62.7 cm³/mol. The average molecular weight is 219 g/mol. The van der Waals surface area contributed by atoms with Gasteiger partial charge in [0, 0.05) is 6.54 Å². The lowest BCUT2D eigenvalue weighted by molar-refractivity contribution is 0.381. The number of hydrogen-bond acceptors (Lipinski definition) is 5. The molecule has 0 saturated heterocycles. The van der Waals surface area contributed by atoms with Crippen LogP contribution in [0.3, 0.4) is 0 Å². The third kappa shape index (κ3) is 2.67. The Morgan fingerprint density at radius 3 is 2.56 bits per heavy atom. The van der Waals surface area contributed by atoms with E-state index in [0.717, 1.165) is 0 Å². The van der Waals surface area contributed by atoms with Gasteiger partial charge in [0.15, 0.2) is 5.69 Å². The van der Waals surface area contributed by atoms with Gasteiger partial charge in [0.1, 0.15) is 11.9 Å². The van der Waals surface area contributed by atoms with Crippen LogP contribution < -0.4 is 11.1 Å². The van der Waals surface area contributed by atoms with Gasteiger partial charge in [0.05, 0.1) is 17.9 Å². The summed E-state index contributed by atoms with van der Waals surface area (Å²) >= 11 is 0. The van der Waals surface area contributed by atoms with E-state index in [1.807, 2.05) is 13.0 Å². The zero-order chi connectivity index (χ0) is 12.2. The molecule has 1 aromatic rings. The molecule has 0 aliphatic rings. The highest BCUT2D eigenvalue weighted by atomic mass is 15.1. The molecule has 16 heavy (non-hydrogen) atoms. The Bertz CT molecular complexity index is 378. The van der Waals surface area contributed by atoms with Crippen LogP contribution in [0.25, 0.3) is 0 Å². The average Bonchev–Trinajstić information content (AvgIpc) is 2.29. The number of aromatic nitrogens is 2. The molecule has 0 bridgehead atoms. The topological polar surface area (TPSA) is 87.6 Å². The zero-order valence-corrected chi connectivity index (χ0v) is 9.86. The van der Waals surface area contributed by atoms with Gasteiger partial charge in [0.2, 0.25) is 0 Å². The van der Waals surface area contributed by atoms with E-state index in [1.165, 1.54) is 6.20 Å². The zero-order valence-electron chi connectivity index (χ0n) is 9.86. The van der Waals surface area contributed by atoms with Crippen molar-refractivity contribution in [3.05, 3.63) is 18.1 Å². The fraction of sp³-hybridized carbons (Fsp3) is 0.545. The number of nitriles is 1. The smallest absolute Gasteiger partial charge is 0.158 e. The Hall–Kier alpha value is -1.67. The van der Waals surface area contributed by atoms with Crippen LogP contribution in [0, 0.1) is 17.2 Å². The molecule has 0 amide bonds. The summed E-state index contributed by atoms with van der Waals surface area (Å²) in [5.74, 6) is 1.01. The largest absolute Gasteiger partial charge is 0.362 e. The van der Waals surface area contributed by atoms with E-state index < -0.39 is 0 Å². The number of rotatable bonds is 4. The maximum atomic E-state index is 8.60. The molecule has 0 aromatic carbocycles. The van der Waals surface area contributed by atoms with E-state index in [-0.39, 0.29) is 5.54 Å². The van der Waals surface area contributed by atoms with Crippen LogP contribution in [-0.2, 0) is 0 Å². The maximum absolute atomic E-state index is 8.60. The fourth-order valence-electron chi connectivity index (χ4n) is 1.17. The van der Waals surface area contributed by atoms with Gasteiger partial charge in [-0.05, 0) is 12.8 Å². The van der Waals surface area contributed by atoms with Crippen LogP contribution in [-0.4, -0.2) is 22.1 Å². The van der Waals surface area contributed by atoms with E-state index in [0.29, 0.717) is 24.0 Å². The Balaban J connectivity index is 2.83. The Labute approximate surface area is 95.7 Å². The molecule has 1 rings (SSSR count). The summed E-state index contributed by atoms with van der Waals surface area (Å²) in [7, 11) is 0. The van der Waals surface area contributed by atoms with Gasteiger partial charge in [-0.25, -0.2) is 9.97 Å². The molecule has 1 atom stereocenters. The summed E-state index contributed by atoms with van der Waals surface area (Å²) in [5.41, 5.74) is 5.84. The molecule has 0 aliphatic carbocycles. The van der Waals surface area contributed by atoms with Crippen molar-refractivity contribution in [3.63, 3.8) is 0 Å². The van der Waals surface area contributed by atoms with Gasteiger partial charge < -0.3 is 11.1 Å². The highest BCUT2D eigenvalue weighted by molar-refractivity contribution is 5.36. The minimum atomic E-state index is -0.219. The third-order valence-electron chi connectivity index (χ3n) is 2.88. The van der Waals surface area contributed by atoms with Gasteiger partial charge in [-0.1, -0.05) is 13.8 Å². The molecule has 86 valence electrons. The van der Waals surface area contributed by atoms with Crippen LogP contribution in [0.2, 0.25) is 0 Å². The molecule has 1 heterocycles. The monoisotopic (exact) mass is 219 g/mol. The standard InChI is InChI=1S/C11H17N5/c1-8(2)11(3,7-13)16-10-6-14-9(4-12)5-15-10/h5-6,8H,7,13H2,1-3H3,(H,15,16). The SMILES string of the molecule is CC(C)C(C)(CN)Nc1cnc(C#N)cn1. The van der Waals surface area contributed by atoms with Gasteiger partial charge in [0.25, 0.3) is 0 Å². The summed E-state index contributed by atoms with van der Waals surface area (Å²) < 4.78 is 0. The fourth-order valence-corrected chi connectivity index (χ4v) is 1.17. The molecule has 0 spiro atoms. The summed E-state index contributed by atoms with van der Waals surface area (Å²) in [6.45, 7) is 6.73. The molecule has 0 saturated carbocycles. The first kappa shape index (κ1) is 12.4. The lowest BCUT2D eigenvalue weighted by Crippen LogP contribution is -2.47. The number of nitrogens with one attached hydrogen (secondary N) is 1. The molecule has 1 unspecified atom stereocenters. The van der Waals surface area contributed by atoms with Crippen molar-refractivity contribution in [3.8, 4) is 6.07 Å². The highest BCUT2D eigenvalue weighted by Gasteiger charge is 2.26. The summed E-state index contributed by atoms with van der Waals surface area (Å²) in [6, 6.07) is 1.93. The van der Waals surface area contributed by atoms with Crippen molar-refractivity contribution < 1.29 is 0 Å². The van der Waals surface area contributed by atoms with Crippen molar-refractivity contribution in [2.75, 3.05) is 11.9 Å². The number of hydrogen-bond donors (Lipinski definition) is 2. The van der Waals surface area contributed by atoms with Crippen LogP contribution in [0.4, 0.5) is 5.82 Å². The molecule has 1 aromatic heterocycles. The highest BCUT2D eigenvalue weighted by Crippen LogP contribution is 2.20. The minimum absolute atomic E-state index is 0.219. The molecule has 0 radical (unpaired) electrons. The Morgan fingerprint density at radius 2 is 2.19 bits per heavy atom. The maximum Gasteiger partial charge on any atom is 0.158 e. The van der Waals surface area contributed by atoms with Gasteiger partial charge >= 0.3 is 0 Å². The normalized spacial score (nSPS) is 14.2. The molecule has 5 nitrogen and oxygen atoms in total. The van der Waals surface area contributed by atoms with Crippen molar-refractivity contribution in [1.82, 2.24) is 9.97 Å². The summed E-state index contributed by atoms with van der Waals surface area (Å²) in [5, 5.41) is 11.9. The molecule has 5 heteroatoms. The second-order valence-electron chi connectivity index (χ2n) is 4.30. The van der Waals surface area contributed by atoms with Crippen LogP contribution >= 0.6 is 0 Å². The lowest BCUT2D eigenvalue weighted by atomic mass is 9.88. The van der Waals surface area contributed by atoms with Gasteiger partial charge in [-0.3, -0.25) is 0 Å². The first-order valence-corrected chi connectivity index (χ1v) is 5.22. The van der Waals surface area contributed by atoms with E-state index in [9.17, 15) is 0 Å². The Kier molecular flexibility index (Phi) is 3.80. The minimum Gasteiger partial charge on any atom is -0.362 e. The van der Waals surface area contributed by atoms with E-state index >= 15 is 0 Å². The molecular formula is C11H17N5. The van der Waals surface area contributed by atoms with E-state index in [2.05, 4.69) is 29.1 Å². The summed E-state index contributed by atoms with van der Waals surface area (Å²) in [6.07, 6.45) is 2.99. The molecular weight excluding hydrogens is 202 g/mol. The number of nitrogens with two attached hydrogens (primary N) is 1. The Morgan fingerprint density at radius 1 is 1.50 bits per heavy atom. The van der Waals surface area contributed by atoms with E-state index in [1.54, 1.807) is 6.20 Å². The van der Waals surface area contributed by atoms with Gasteiger partial charge in [-0.2, -0.15) is 5.26 Å². The van der Waals surface area contributed by atoms with Crippen LogP contribution in [0.15, 0.2) is 12.4 Å². The van der Waals surface area contributed by atoms with Crippen molar-refractivity contribution in [2.24, 2.45) is 11.7 Å². The molecule has 3 N–H and O–H groups in total. The second kappa shape index (κ2) is 4.90. The molecule has 0 fully saturated rings. The number of anilines is 1. The third-order valence-corrected chi connectivity index (χ3v) is 2.88. The van der Waals surface area contributed by atoms with Crippen molar-refractivity contribution in [1.29, 1.82) is 5.26 Å². The van der Waals surface area contributed by atoms with Crippen molar-refractivity contribution >= 4 is 5.82 Å². The molecule has 0 aliphatic heterocycles. The van der Waals surface area contributed by atoms with Crippen LogP contribution in [0.1, 0.15) is 26.5 Å². The first-order chi connectivity index (χ1) is 7.51. The van der Waals surface area contributed by atoms with Crippen molar-refractivity contribution in [2.45, 2.75) is 26.3 Å². The first-order valence-electron chi connectivity index (χ1n) is 5.22. The second-order valence-corrected chi connectivity index (χ2v) is 4.30. The quantitative estimate of drug-likeness (QED) is 0.792. The summed E-state index contributed by atoms with van der Waals surface area (Å²) in [4.78, 5) is 8.06. The number of nitrogens with zero attached hydrogens (tertiary/aromatic N) is 3.